The minimum Gasteiger partial charge on any atom is -0.494 e. The van der Waals surface area contributed by atoms with Crippen molar-refractivity contribution in [2.45, 2.75) is 43.7 Å². The van der Waals surface area contributed by atoms with Gasteiger partial charge in [0.25, 0.3) is 0 Å². The van der Waals surface area contributed by atoms with Gasteiger partial charge < -0.3 is 9.64 Å². The van der Waals surface area contributed by atoms with Crippen molar-refractivity contribution in [2.75, 3.05) is 37.4 Å². The third-order valence-corrected chi connectivity index (χ3v) is 7.68. The first-order valence-corrected chi connectivity index (χ1v) is 13.4. The van der Waals surface area contributed by atoms with Gasteiger partial charge in [-0.2, -0.15) is 13.2 Å². The van der Waals surface area contributed by atoms with E-state index in [2.05, 4.69) is 15.3 Å². The van der Waals surface area contributed by atoms with Crippen molar-refractivity contribution in [1.82, 2.24) is 15.3 Å². The summed E-state index contributed by atoms with van der Waals surface area (Å²) in [5.74, 6) is 1.36. The third kappa shape index (κ3) is 5.99. The second-order valence-corrected chi connectivity index (χ2v) is 11.1. The molecule has 34 heavy (non-hydrogen) atoms. The van der Waals surface area contributed by atoms with Gasteiger partial charge in [0.2, 0.25) is 5.95 Å². The molecule has 1 saturated heterocycles. The van der Waals surface area contributed by atoms with Gasteiger partial charge in [-0.1, -0.05) is 6.07 Å². The van der Waals surface area contributed by atoms with Crippen molar-refractivity contribution in [1.29, 1.82) is 0 Å². The van der Waals surface area contributed by atoms with E-state index in [-0.39, 0.29) is 5.95 Å². The summed E-state index contributed by atoms with van der Waals surface area (Å²) >= 11 is 0. The molecule has 0 aliphatic carbocycles. The minimum atomic E-state index is -4.47. The summed E-state index contributed by atoms with van der Waals surface area (Å²) in [4.78, 5) is 9.51. The van der Waals surface area contributed by atoms with Crippen molar-refractivity contribution in [3.63, 3.8) is 0 Å². The predicted molar refractivity (Wildman–Crippen MR) is 122 cm³/mol. The maximum absolute atomic E-state index is 12.9. The van der Waals surface area contributed by atoms with Crippen LogP contribution in [0, 0.1) is 5.92 Å². The van der Waals surface area contributed by atoms with Gasteiger partial charge in [-0.05, 0) is 67.3 Å². The van der Waals surface area contributed by atoms with Crippen LogP contribution in [0.1, 0.15) is 47.9 Å². The number of benzene rings is 1. The summed E-state index contributed by atoms with van der Waals surface area (Å²) in [6, 6.07) is 6.47. The average Bonchev–Trinajstić information content (AvgIpc) is 2.80. The largest absolute Gasteiger partial charge is 0.494 e. The smallest absolute Gasteiger partial charge is 0.433 e. The number of nitrogens with one attached hydrogen (secondary N) is 1. The van der Waals surface area contributed by atoms with Crippen LogP contribution in [0.25, 0.3) is 0 Å². The van der Waals surface area contributed by atoms with Crippen molar-refractivity contribution >= 4 is 15.8 Å². The van der Waals surface area contributed by atoms with Crippen LogP contribution in [0.2, 0.25) is 0 Å². The van der Waals surface area contributed by atoms with E-state index in [1.807, 2.05) is 23.1 Å². The SMILES string of the molecule is CS(=O)(=O)C1NCCc2cc(OCCCC3CCN(c4nccc(C(F)(F)F)n4)CC3)ccc21. The van der Waals surface area contributed by atoms with Gasteiger partial charge in [-0.3, -0.25) is 5.32 Å². The molecule has 1 N–H and O–H groups in total. The highest BCUT2D eigenvalue weighted by Crippen LogP contribution is 2.31. The van der Waals surface area contributed by atoms with E-state index < -0.39 is 27.1 Å². The zero-order valence-corrected chi connectivity index (χ0v) is 19.8. The second-order valence-electron chi connectivity index (χ2n) is 8.94. The van der Waals surface area contributed by atoms with E-state index in [9.17, 15) is 21.6 Å². The van der Waals surface area contributed by atoms with Gasteiger partial charge in [0.05, 0.1) is 6.61 Å². The normalized spacial score (nSPS) is 19.6. The molecule has 2 aliphatic rings. The number of nitrogens with zero attached hydrogens (tertiary/aromatic N) is 3. The lowest BCUT2D eigenvalue weighted by molar-refractivity contribution is -0.141. The molecule has 11 heteroatoms. The molecule has 0 saturated carbocycles. The molecule has 0 bridgehead atoms. The molecule has 0 radical (unpaired) electrons. The Labute approximate surface area is 197 Å². The number of hydrogen-bond acceptors (Lipinski definition) is 7. The molecule has 3 heterocycles. The quantitative estimate of drug-likeness (QED) is 0.582. The standard InChI is InChI=1S/C23H29F3N4O3S/c1-34(31,32)21-19-5-4-18(15-17(19)6-10-27-21)33-14-2-3-16-8-12-30(13-9-16)22-28-11-7-20(29-22)23(24,25)26/h4-5,7,11,15-16,21,27H,2-3,6,8-10,12-14H2,1H3. The summed E-state index contributed by atoms with van der Waals surface area (Å²) in [5.41, 5.74) is 0.871. The van der Waals surface area contributed by atoms with E-state index in [0.717, 1.165) is 61.2 Å². The number of ether oxygens (including phenoxy) is 1. The summed E-state index contributed by atoms with van der Waals surface area (Å²) in [6.45, 7) is 2.43. The van der Waals surface area contributed by atoms with Crippen molar-refractivity contribution in [2.24, 2.45) is 5.92 Å². The molecule has 4 rings (SSSR count). The van der Waals surface area contributed by atoms with Crippen LogP contribution in [0.15, 0.2) is 30.5 Å². The highest BCUT2D eigenvalue weighted by Gasteiger charge is 2.33. The van der Waals surface area contributed by atoms with Crippen LogP contribution in [0.5, 0.6) is 5.75 Å². The number of rotatable bonds is 7. The van der Waals surface area contributed by atoms with E-state index >= 15 is 0 Å². The molecule has 1 atom stereocenters. The Morgan fingerprint density at radius 2 is 1.97 bits per heavy atom. The van der Waals surface area contributed by atoms with Crippen LogP contribution < -0.4 is 15.0 Å². The van der Waals surface area contributed by atoms with Gasteiger partial charge in [-0.15, -0.1) is 0 Å². The fourth-order valence-electron chi connectivity index (χ4n) is 4.62. The molecule has 1 aromatic heterocycles. The number of anilines is 1. The molecule has 1 fully saturated rings. The van der Waals surface area contributed by atoms with Gasteiger partial charge >= 0.3 is 6.18 Å². The number of piperidine rings is 1. The number of halogens is 3. The van der Waals surface area contributed by atoms with Crippen LogP contribution in [0.3, 0.4) is 0 Å². The highest BCUT2D eigenvalue weighted by molar-refractivity contribution is 7.90. The van der Waals surface area contributed by atoms with E-state index in [4.69, 9.17) is 4.74 Å². The monoisotopic (exact) mass is 498 g/mol. The van der Waals surface area contributed by atoms with E-state index in [1.165, 1.54) is 6.26 Å². The molecule has 2 aromatic rings. The van der Waals surface area contributed by atoms with Crippen molar-refractivity contribution in [3.8, 4) is 5.75 Å². The van der Waals surface area contributed by atoms with E-state index in [1.54, 1.807) is 0 Å². The Kier molecular flexibility index (Phi) is 7.32. The number of alkyl halides is 3. The topological polar surface area (TPSA) is 84.4 Å². The molecule has 0 amide bonds. The van der Waals surface area contributed by atoms with E-state index in [0.29, 0.717) is 32.2 Å². The highest BCUT2D eigenvalue weighted by atomic mass is 32.2. The Morgan fingerprint density at radius 3 is 2.68 bits per heavy atom. The second kappa shape index (κ2) is 10.1. The van der Waals surface area contributed by atoms with Crippen LogP contribution in [-0.2, 0) is 22.4 Å². The van der Waals surface area contributed by atoms with Crippen LogP contribution >= 0.6 is 0 Å². The van der Waals surface area contributed by atoms with Gasteiger partial charge in [0, 0.05) is 32.1 Å². The zero-order chi connectivity index (χ0) is 24.3. The zero-order valence-electron chi connectivity index (χ0n) is 19.0. The number of hydrogen-bond donors (Lipinski definition) is 1. The first kappa shape index (κ1) is 24.7. The molecule has 186 valence electrons. The Morgan fingerprint density at radius 1 is 1.21 bits per heavy atom. The Bertz CT molecular complexity index is 1100. The first-order chi connectivity index (χ1) is 16.1. The summed E-state index contributed by atoms with van der Waals surface area (Å²) in [7, 11) is -3.23. The molecule has 1 unspecified atom stereocenters. The van der Waals surface area contributed by atoms with Crippen molar-refractivity contribution < 1.29 is 26.3 Å². The summed E-state index contributed by atoms with van der Waals surface area (Å²) < 4.78 is 68.6. The molecule has 2 aliphatic heterocycles. The first-order valence-electron chi connectivity index (χ1n) is 11.4. The third-order valence-electron chi connectivity index (χ3n) is 6.41. The summed E-state index contributed by atoms with van der Waals surface area (Å²) in [5, 5.41) is 2.39. The predicted octanol–water partition coefficient (Wildman–Crippen LogP) is 3.76. The van der Waals surface area contributed by atoms with Gasteiger partial charge in [0.15, 0.2) is 9.84 Å². The Balaban J connectivity index is 1.22. The maximum Gasteiger partial charge on any atom is 0.433 e. The lowest BCUT2D eigenvalue weighted by atomic mass is 9.92. The number of fused-ring (bicyclic) bond motifs is 1. The van der Waals surface area contributed by atoms with Crippen LogP contribution in [0.4, 0.5) is 19.1 Å². The van der Waals surface area contributed by atoms with Crippen LogP contribution in [-0.4, -0.2) is 50.9 Å². The molecule has 0 spiro atoms. The van der Waals surface area contributed by atoms with Gasteiger partial charge in [0.1, 0.15) is 16.8 Å². The summed E-state index contributed by atoms with van der Waals surface area (Å²) in [6.07, 6.45) is 2.27. The number of aromatic nitrogens is 2. The van der Waals surface area contributed by atoms with Gasteiger partial charge in [-0.25, -0.2) is 18.4 Å². The Hall–Kier alpha value is -2.40. The molecular formula is C23H29F3N4O3S. The molecule has 1 aromatic carbocycles. The molecule has 7 nitrogen and oxygen atoms in total. The molecular weight excluding hydrogens is 469 g/mol. The fourth-order valence-corrected chi connectivity index (χ4v) is 5.73. The average molecular weight is 499 g/mol. The maximum atomic E-state index is 12.9. The lowest BCUT2D eigenvalue weighted by Gasteiger charge is -2.32. The number of sulfone groups is 1. The van der Waals surface area contributed by atoms with Crippen molar-refractivity contribution in [3.05, 3.63) is 47.3 Å². The minimum absolute atomic E-state index is 0.136. The lowest BCUT2D eigenvalue weighted by Crippen LogP contribution is -2.35. The fraction of sp³-hybridized carbons (Fsp3) is 0.565.